The van der Waals surface area contributed by atoms with Crippen molar-refractivity contribution in [3.8, 4) is 11.8 Å². The predicted octanol–water partition coefficient (Wildman–Crippen LogP) is 6.09. The molecule has 274 valence electrons. The van der Waals surface area contributed by atoms with Crippen LogP contribution < -0.4 is 10.2 Å². The summed E-state index contributed by atoms with van der Waals surface area (Å²) < 4.78 is 63.4. The molecular formula is C38H43FN4O7SSi. The van der Waals surface area contributed by atoms with Gasteiger partial charge < -0.3 is 14.4 Å². The topological polar surface area (TPSA) is 152 Å². The van der Waals surface area contributed by atoms with Crippen LogP contribution in [0.4, 0.5) is 4.39 Å². The Balaban J connectivity index is 1.55. The lowest BCUT2D eigenvalue weighted by molar-refractivity contribution is 0.0644. The van der Waals surface area contributed by atoms with Gasteiger partial charge >= 0.3 is 0 Å². The average molecular weight is 747 g/mol. The second-order valence-electron chi connectivity index (χ2n) is 14.2. The number of hydrogen-bond acceptors (Lipinski definition) is 8. The lowest BCUT2D eigenvalue weighted by Crippen LogP contribution is -2.46. The van der Waals surface area contributed by atoms with Gasteiger partial charge in [-0.25, -0.2) is 9.07 Å². The van der Waals surface area contributed by atoms with Gasteiger partial charge in [-0.05, 0) is 59.8 Å². The normalized spacial score (nSPS) is 15.9. The van der Waals surface area contributed by atoms with Crippen LogP contribution in [0.15, 0.2) is 89.9 Å². The van der Waals surface area contributed by atoms with Gasteiger partial charge in [0.25, 0.3) is 21.5 Å². The highest BCUT2D eigenvalue weighted by Gasteiger charge is 2.43. The van der Waals surface area contributed by atoms with E-state index in [9.17, 15) is 32.2 Å². The molecule has 1 fully saturated rings. The van der Waals surface area contributed by atoms with Gasteiger partial charge in [-0.15, -0.1) is 0 Å². The Morgan fingerprint density at radius 3 is 2.46 bits per heavy atom. The Kier molecular flexibility index (Phi) is 12.4. The summed E-state index contributed by atoms with van der Waals surface area (Å²) >= 11 is 0. The van der Waals surface area contributed by atoms with E-state index < -0.39 is 64.7 Å². The highest BCUT2D eigenvalue weighted by atomic mass is 32.2. The van der Waals surface area contributed by atoms with E-state index in [2.05, 4.69) is 30.8 Å². The molecule has 2 unspecified atom stereocenters. The minimum atomic E-state index is -4.64. The zero-order valence-corrected chi connectivity index (χ0v) is 31.3. The Hall–Kier alpha value is -4.68. The molecule has 0 aliphatic carbocycles. The van der Waals surface area contributed by atoms with Crippen molar-refractivity contribution >= 4 is 24.1 Å². The van der Waals surface area contributed by atoms with E-state index in [1.54, 1.807) is 30.3 Å². The molecule has 52 heavy (non-hydrogen) atoms. The molecule has 1 N–H and O–H groups in total. The van der Waals surface area contributed by atoms with Gasteiger partial charge in [-0.1, -0.05) is 74.2 Å². The minimum absolute atomic E-state index is 0.0398. The molecule has 1 aliphatic heterocycles. The summed E-state index contributed by atoms with van der Waals surface area (Å²) in [5.74, 6) is -3.95. The Bertz CT molecular complexity index is 2070. The molecule has 1 aromatic heterocycles. The number of nitriles is 1. The molecule has 14 heteroatoms. The zero-order valence-electron chi connectivity index (χ0n) is 29.4. The largest absolute Gasteiger partial charge is 0.483 e. The average Bonchev–Trinajstić information content (AvgIpc) is 3.59. The fraction of sp³-hybridized carbons (Fsp3) is 0.368. The predicted molar refractivity (Wildman–Crippen MR) is 197 cm³/mol. The molecule has 3 atom stereocenters. The highest BCUT2D eigenvalue weighted by molar-refractivity contribution is 7.85. The van der Waals surface area contributed by atoms with Crippen molar-refractivity contribution in [3.05, 3.63) is 129 Å². The summed E-state index contributed by atoms with van der Waals surface area (Å²) in [5.41, 5.74) is 1.01. The van der Waals surface area contributed by atoms with Crippen LogP contribution in [-0.2, 0) is 28.2 Å². The molecule has 4 aromatic rings. The van der Waals surface area contributed by atoms with Crippen LogP contribution in [0.1, 0.15) is 51.5 Å². The molecule has 0 saturated carbocycles. The summed E-state index contributed by atoms with van der Waals surface area (Å²) in [6, 6.07) is 23.5. The van der Waals surface area contributed by atoms with E-state index >= 15 is 0 Å². The second kappa shape index (κ2) is 16.8. The maximum absolute atomic E-state index is 14.7. The van der Waals surface area contributed by atoms with Gasteiger partial charge in [0, 0.05) is 39.1 Å². The van der Waals surface area contributed by atoms with Crippen molar-refractivity contribution in [2.24, 2.45) is 5.92 Å². The van der Waals surface area contributed by atoms with Crippen LogP contribution in [0.25, 0.3) is 0 Å². The standard InChI is InChI=1S/C38H43FN4O7SSi/c1-52(2,3)20-19-49-26-42-23-34(50-24-28-9-5-4-6-10-28)37(44)36(41-42)38(45)43-18-8-13-33(43)32(25-51(46,47)48)35(30-11-7-12-31(39)21-30)29-16-14-27(22-40)15-17-29/h4-7,9-12,14-17,21,23,32-33,35H,8,13,18-20,24-26H2,1-3H3,(H,46,47,48)/t32?,33-,35?/m1/s1. The summed E-state index contributed by atoms with van der Waals surface area (Å²) in [5, 5.41) is 13.8. The Labute approximate surface area is 304 Å². The van der Waals surface area contributed by atoms with Crippen LogP contribution in [0.2, 0.25) is 25.7 Å². The van der Waals surface area contributed by atoms with E-state index in [-0.39, 0.29) is 25.6 Å². The fourth-order valence-electron chi connectivity index (χ4n) is 6.54. The van der Waals surface area contributed by atoms with Gasteiger partial charge in [0.1, 0.15) is 19.2 Å². The van der Waals surface area contributed by atoms with Gasteiger partial charge in [-0.2, -0.15) is 18.8 Å². The molecule has 2 heterocycles. The van der Waals surface area contributed by atoms with E-state index in [0.29, 0.717) is 36.1 Å². The van der Waals surface area contributed by atoms with E-state index in [0.717, 1.165) is 11.6 Å². The molecule has 1 aliphatic rings. The number of benzene rings is 3. The Morgan fingerprint density at radius 2 is 1.81 bits per heavy atom. The van der Waals surface area contributed by atoms with Crippen LogP contribution in [0.5, 0.6) is 5.75 Å². The van der Waals surface area contributed by atoms with Crippen LogP contribution in [0, 0.1) is 23.1 Å². The summed E-state index contributed by atoms with van der Waals surface area (Å²) in [4.78, 5) is 29.8. The summed E-state index contributed by atoms with van der Waals surface area (Å²) in [6.07, 6.45) is 2.22. The third-order valence-electron chi connectivity index (χ3n) is 9.09. The molecule has 1 saturated heterocycles. The van der Waals surface area contributed by atoms with Crippen LogP contribution >= 0.6 is 0 Å². The van der Waals surface area contributed by atoms with Crippen molar-refractivity contribution in [2.45, 2.75) is 63.8 Å². The van der Waals surface area contributed by atoms with Gasteiger partial charge in [0.05, 0.1) is 23.6 Å². The SMILES string of the molecule is C[Si](C)(C)CCOCn1cc(OCc2ccccc2)c(=O)c(C(=O)N2CCC[C@@H]2C(CS(=O)(=O)O)C(c2ccc(C#N)cc2)c2cccc(F)c2)n1. The molecule has 0 radical (unpaired) electrons. The zero-order chi connectivity index (χ0) is 37.5. The maximum atomic E-state index is 14.7. The third-order valence-corrected chi connectivity index (χ3v) is 11.6. The first-order chi connectivity index (χ1) is 24.7. The van der Waals surface area contributed by atoms with Crippen molar-refractivity contribution in [2.75, 3.05) is 18.9 Å². The fourth-order valence-corrected chi connectivity index (χ4v) is 8.20. The lowest BCUT2D eigenvalue weighted by atomic mass is 9.77. The minimum Gasteiger partial charge on any atom is -0.483 e. The van der Waals surface area contributed by atoms with Crippen molar-refractivity contribution in [1.29, 1.82) is 5.26 Å². The quantitative estimate of drug-likeness (QED) is 0.0866. The Morgan fingerprint density at radius 1 is 1.08 bits per heavy atom. The monoisotopic (exact) mass is 746 g/mol. The number of likely N-dealkylation sites (tertiary alicyclic amines) is 1. The maximum Gasteiger partial charge on any atom is 0.278 e. The van der Waals surface area contributed by atoms with E-state index in [1.807, 2.05) is 30.3 Å². The first kappa shape index (κ1) is 38.5. The second-order valence-corrected chi connectivity index (χ2v) is 21.3. The highest BCUT2D eigenvalue weighted by Crippen LogP contribution is 2.40. The summed E-state index contributed by atoms with van der Waals surface area (Å²) in [7, 11) is -6.04. The molecule has 11 nitrogen and oxygen atoms in total. The summed E-state index contributed by atoms with van der Waals surface area (Å²) in [6.45, 7) is 7.34. The van der Waals surface area contributed by atoms with E-state index in [4.69, 9.17) is 9.47 Å². The van der Waals surface area contributed by atoms with Crippen molar-refractivity contribution < 1.29 is 31.6 Å². The number of nitrogens with zero attached hydrogens (tertiary/aromatic N) is 4. The molecule has 0 bridgehead atoms. The van der Waals surface area contributed by atoms with Gasteiger partial charge in [0.2, 0.25) is 0 Å². The lowest BCUT2D eigenvalue weighted by Gasteiger charge is -2.36. The molecule has 5 rings (SSSR count). The number of amides is 1. The number of aromatic nitrogens is 2. The van der Waals surface area contributed by atoms with Crippen LogP contribution in [-0.4, -0.2) is 66.6 Å². The smallest absolute Gasteiger partial charge is 0.278 e. The number of hydrogen-bond donors (Lipinski definition) is 1. The number of halogens is 1. The van der Waals surface area contributed by atoms with E-state index in [1.165, 1.54) is 34.0 Å². The number of rotatable bonds is 15. The molecule has 0 spiro atoms. The third kappa shape index (κ3) is 10.2. The number of carbonyl (C=O) groups excluding carboxylic acids is 1. The molecule has 1 amide bonds. The first-order valence-electron chi connectivity index (χ1n) is 17.1. The molecular weight excluding hydrogens is 704 g/mol. The molecule has 3 aromatic carbocycles. The van der Waals surface area contributed by atoms with Crippen molar-refractivity contribution in [1.82, 2.24) is 14.7 Å². The first-order valence-corrected chi connectivity index (χ1v) is 22.4. The number of ether oxygens (including phenoxy) is 2. The van der Waals surface area contributed by atoms with Gasteiger partial charge in [0.15, 0.2) is 11.4 Å². The van der Waals surface area contributed by atoms with Crippen LogP contribution in [0.3, 0.4) is 0 Å². The van der Waals surface area contributed by atoms with Crippen molar-refractivity contribution in [3.63, 3.8) is 0 Å². The van der Waals surface area contributed by atoms with Gasteiger partial charge in [-0.3, -0.25) is 14.1 Å². The number of carbonyl (C=O) groups is 1.